The molecule has 230 valence electrons. The van der Waals surface area contributed by atoms with Gasteiger partial charge in [-0.2, -0.15) is 13.2 Å². The molecule has 2 heterocycles. The number of nitrogens with zero attached hydrogens (tertiary/aromatic N) is 5. The van der Waals surface area contributed by atoms with Crippen LogP contribution >= 0.6 is 0 Å². The van der Waals surface area contributed by atoms with Gasteiger partial charge in [0.1, 0.15) is 0 Å². The minimum absolute atomic E-state index is 0.0636. The van der Waals surface area contributed by atoms with Crippen LogP contribution in [0.4, 0.5) is 24.8 Å². The van der Waals surface area contributed by atoms with Crippen LogP contribution in [0.1, 0.15) is 53.7 Å². The second-order valence-corrected chi connectivity index (χ2v) is 11.1. The molecule has 3 atom stereocenters. The summed E-state index contributed by atoms with van der Waals surface area (Å²) in [5.41, 5.74) is 4.84. The molecule has 1 aromatic carbocycles. The number of carbonyl (C=O) groups is 3. The monoisotopic (exact) mass is 600 g/mol. The van der Waals surface area contributed by atoms with Crippen molar-refractivity contribution in [1.29, 1.82) is 0 Å². The van der Waals surface area contributed by atoms with Gasteiger partial charge in [-0.25, -0.2) is 16.5 Å². The Labute approximate surface area is 247 Å². The SMILES string of the molecule is [C-]#[N+]C(NC(=O)[C@H]1CCC[C@H]1Cc1nc(Nc2ccc(C(=O)N(C)C3CCN(C)CC3)cc2)ncc1C(F)(F)F)C(N)=O. The Morgan fingerprint density at radius 1 is 1.16 bits per heavy atom. The number of anilines is 2. The molecule has 1 aliphatic carbocycles. The molecule has 1 saturated carbocycles. The summed E-state index contributed by atoms with van der Waals surface area (Å²) >= 11 is 0. The molecular formula is C29H35F3N8O3. The van der Waals surface area contributed by atoms with E-state index in [1.54, 1.807) is 36.2 Å². The summed E-state index contributed by atoms with van der Waals surface area (Å²) in [4.78, 5) is 52.2. The predicted molar refractivity (Wildman–Crippen MR) is 152 cm³/mol. The van der Waals surface area contributed by atoms with Crippen molar-refractivity contribution >= 4 is 29.4 Å². The third-order valence-electron chi connectivity index (χ3n) is 8.25. The van der Waals surface area contributed by atoms with E-state index in [1.165, 1.54) is 0 Å². The maximum Gasteiger partial charge on any atom is 0.419 e. The average Bonchev–Trinajstić information content (AvgIpc) is 3.43. The largest absolute Gasteiger partial charge is 0.419 e. The summed E-state index contributed by atoms with van der Waals surface area (Å²) in [5, 5.41) is 5.20. The number of aromatic nitrogens is 2. The summed E-state index contributed by atoms with van der Waals surface area (Å²) in [6.07, 6.45) is -2.43. The summed E-state index contributed by atoms with van der Waals surface area (Å²) in [6, 6.07) is 6.72. The first-order valence-electron chi connectivity index (χ1n) is 14.1. The summed E-state index contributed by atoms with van der Waals surface area (Å²) in [6.45, 7) is 8.88. The van der Waals surface area contributed by atoms with E-state index < -0.39 is 41.6 Å². The molecular weight excluding hydrogens is 565 g/mol. The number of carbonyl (C=O) groups excluding carboxylic acids is 3. The third-order valence-corrected chi connectivity index (χ3v) is 8.25. The van der Waals surface area contributed by atoms with Crippen LogP contribution in [-0.4, -0.2) is 76.9 Å². The first-order chi connectivity index (χ1) is 20.4. The molecule has 0 spiro atoms. The number of halogens is 3. The molecule has 2 aliphatic rings. The van der Waals surface area contributed by atoms with Crippen molar-refractivity contribution in [3.8, 4) is 0 Å². The Morgan fingerprint density at radius 3 is 2.44 bits per heavy atom. The molecule has 1 saturated heterocycles. The first-order valence-corrected chi connectivity index (χ1v) is 14.1. The molecule has 0 bridgehead atoms. The highest BCUT2D eigenvalue weighted by atomic mass is 19.4. The van der Waals surface area contributed by atoms with E-state index in [9.17, 15) is 27.6 Å². The van der Waals surface area contributed by atoms with Crippen LogP contribution in [0.25, 0.3) is 4.85 Å². The van der Waals surface area contributed by atoms with Crippen LogP contribution in [0.15, 0.2) is 30.5 Å². The average molecular weight is 601 g/mol. The van der Waals surface area contributed by atoms with Crippen molar-refractivity contribution in [2.75, 3.05) is 32.5 Å². The summed E-state index contributed by atoms with van der Waals surface area (Å²) in [5.74, 6) is -2.97. The lowest BCUT2D eigenvalue weighted by Gasteiger charge is -2.35. The fraction of sp³-hybridized carbons (Fsp3) is 0.517. The van der Waals surface area contributed by atoms with Crippen LogP contribution < -0.4 is 16.4 Å². The van der Waals surface area contributed by atoms with Gasteiger partial charge in [0.05, 0.1) is 11.3 Å². The number of likely N-dealkylation sites (tertiary alicyclic amines) is 1. The highest BCUT2D eigenvalue weighted by Gasteiger charge is 2.40. The quantitative estimate of drug-likeness (QED) is 0.376. The van der Waals surface area contributed by atoms with E-state index >= 15 is 0 Å². The lowest BCUT2D eigenvalue weighted by atomic mass is 9.89. The number of amides is 3. The van der Waals surface area contributed by atoms with Gasteiger partial charge in [-0.3, -0.25) is 24.5 Å². The Balaban J connectivity index is 1.47. The molecule has 2 fully saturated rings. The molecule has 0 radical (unpaired) electrons. The fourth-order valence-corrected chi connectivity index (χ4v) is 5.73. The molecule has 4 N–H and O–H groups in total. The van der Waals surface area contributed by atoms with Gasteiger partial charge < -0.3 is 20.9 Å². The lowest BCUT2D eigenvalue weighted by Crippen LogP contribution is -2.45. The van der Waals surface area contributed by atoms with Gasteiger partial charge in [0.15, 0.2) is 0 Å². The lowest BCUT2D eigenvalue weighted by molar-refractivity contribution is -0.138. The van der Waals surface area contributed by atoms with Gasteiger partial charge in [-0.05, 0) is 82.4 Å². The van der Waals surface area contributed by atoms with E-state index in [-0.39, 0.29) is 30.0 Å². The zero-order valence-corrected chi connectivity index (χ0v) is 24.0. The van der Waals surface area contributed by atoms with Crippen LogP contribution in [0, 0.1) is 18.4 Å². The van der Waals surface area contributed by atoms with Gasteiger partial charge in [0, 0.05) is 36.5 Å². The minimum atomic E-state index is -4.72. The topological polar surface area (TPSA) is 138 Å². The highest BCUT2D eigenvalue weighted by Crippen LogP contribution is 2.38. The standard InChI is InChI=1S/C29H35F3N8O3/c1-34-25(24(33)41)38-26(42)21-6-4-5-18(21)15-23-22(29(30,31)32)16-35-28(37-23)36-19-9-7-17(8-10-19)27(43)40(3)20-11-13-39(2)14-12-20/h7-10,16,18,20-21,25H,4-6,11-15H2,2-3H3,(H2,33,41)(H,38,42)(H,35,36,37)/t18-,21-,25?/m0/s1. The first kappa shape index (κ1) is 31.7. The Bertz CT molecular complexity index is 1370. The van der Waals surface area contributed by atoms with Crippen molar-refractivity contribution < 1.29 is 27.6 Å². The Morgan fingerprint density at radius 2 is 1.84 bits per heavy atom. The maximum absolute atomic E-state index is 13.9. The Kier molecular flexibility index (Phi) is 9.85. The van der Waals surface area contributed by atoms with Gasteiger partial charge in [-0.1, -0.05) is 6.42 Å². The maximum atomic E-state index is 13.9. The van der Waals surface area contributed by atoms with E-state index in [2.05, 4.69) is 37.4 Å². The van der Waals surface area contributed by atoms with Crippen molar-refractivity contribution in [3.05, 3.63) is 58.7 Å². The van der Waals surface area contributed by atoms with Gasteiger partial charge in [0.25, 0.3) is 5.91 Å². The van der Waals surface area contributed by atoms with Crippen molar-refractivity contribution in [3.63, 3.8) is 0 Å². The number of benzene rings is 1. The molecule has 11 nitrogen and oxygen atoms in total. The van der Waals surface area contributed by atoms with Gasteiger partial charge in [-0.15, -0.1) is 0 Å². The van der Waals surface area contributed by atoms with Crippen molar-refractivity contribution in [1.82, 2.24) is 25.1 Å². The molecule has 1 aliphatic heterocycles. The molecule has 1 unspecified atom stereocenters. The number of alkyl halides is 3. The highest BCUT2D eigenvalue weighted by molar-refractivity contribution is 5.94. The number of hydrogen-bond acceptors (Lipinski definition) is 7. The van der Waals surface area contributed by atoms with E-state index in [4.69, 9.17) is 12.3 Å². The number of primary amides is 1. The molecule has 1 aromatic heterocycles. The van der Waals surface area contributed by atoms with Crippen molar-refractivity contribution in [2.45, 2.75) is 56.9 Å². The Hall–Kier alpha value is -4.25. The third kappa shape index (κ3) is 7.78. The van der Waals surface area contributed by atoms with Gasteiger partial charge in [0.2, 0.25) is 11.9 Å². The molecule has 14 heteroatoms. The molecule has 2 aromatic rings. The zero-order valence-electron chi connectivity index (χ0n) is 24.0. The van der Waals surface area contributed by atoms with Crippen LogP contribution in [-0.2, 0) is 22.2 Å². The number of rotatable bonds is 9. The fourth-order valence-electron chi connectivity index (χ4n) is 5.73. The van der Waals surface area contributed by atoms with Crippen LogP contribution in [0.5, 0.6) is 0 Å². The number of piperidine rings is 1. The zero-order chi connectivity index (χ0) is 31.3. The molecule has 43 heavy (non-hydrogen) atoms. The predicted octanol–water partition coefficient (Wildman–Crippen LogP) is 3.21. The normalized spacial score (nSPS) is 20.2. The van der Waals surface area contributed by atoms with Crippen molar-refractivity contribution in [2.24, 2.45) is 17.6 Å². The minimum Gasteiger partial charge on any atom is -0.361 e. The molecule has 4 rings (SSSR count). The van der Waals surface area contributed by atoms with Crippen LogP contribution in [0.2, 0.25) is 0 Å². The summed E-state index contributed by atoms with van der Waals surface area (Å²) in [7, 11) is 3.85. The van der Waals surface area contributed by atoms with Crippen LogP contribution in [0.3, 0.4) is 0 Å². The van der Waals surface area contributed by atoms with Gasteiger partial charge >= 0.3 is 18.2 Å². The smallest absolute Gasteiger partial charge is 0.361 e. The number of nitrogens with one attached hydrogen (secondary N) is 2. The van der Waals surface area contributed by atoms with E-state index in [0.717, 1.165) is 25.9 Å². The van der Waals surface area contributed by atoms with E-state index in [0.29, 0.717) is 36.7 Å². The molecule has 3 amide bonds. The second-order valence-electron chi connectivity index (χ2n) is 11.1. The second kappa shape index (κ2) is 13.4. The van der Waals surface area contributed by atoms with E-state index in [1.807, 2.05) is 0 Å². The number of hydrogen-bond donors (Lipinski definition) is 3. The number of nitrogens with two attached hydrogens (primary N) is 1. The summed E-state index contributed by atoms with van der Waals surface area (Å²) < 4.78 is 41.6.